The molecule has 4 bridgehead atoms. The molecular formula is C27H44O2Si. The first kappa shape index (κ1) is 19.6. The van der Waals surface area contributed by atoms with Gasteiger partial charge in [0.25, 0.3) is 0 Å². The highest BCUT2D eigenvalue weighted by molar-refractivity contribution is 6.44. The van der Waals surface area contributed by atoms with Crippen LogP contribution in [-0.2, 0) is 9.47 Å². The lowest BCUT2D eigenvalue weighted by Crippen LogP contribution is -2.43. The molecule has 168 valence electrons. The van der Waals surface area contributed by atoms with Gasteiger partial charge in [0, 0.05) is 9.52 Å². The van der Waals surface area contributed by atoms with Gasteiger partial charge in [-0.2, -0.15) is 0 Å². The van der Waals surface area contributed by atoms with Gasteiger partial charge in [0.15, 0.2) is 0 Å². The van der Waals surface area contributed by atoms with E-state index >= 15 is 0 Å². The van der Waals surface area contributed by atoms with Crippen molar-refractivity contribution in [3.8, 4) is 0 Å². The topological polar surface area (TPSA) is 25.1 Å². The average molecular weight is 429 g/mol. The van der Waals surface area contributed by atoms with Crippen LogP contribution in [0.3, 0.4) is 0 Å². The van der Waals surface area contributed by atoms with Crippen LogP contribution in [0.15, 0.2) is 0 Å². The fourth-order valence-electron chi connectivity index (χ4n) is 11.3. The molecule has 0 aromatic heterocycles. The minimum absolute atomic E-state index is 0.214. The minimum Gasteiger partial charge on any atom is -0.370 e. The Morgan fingerprint density at radius 3 is 1.40 bits per heavy atom. The second kappa shape index (κ2) is 6.38. The predicted molar refractivity (Wildman–Crippen MR) is 123 cm³/mol. The Morgan fingerprint density at radius 1 is 0.533 bits per heavy atom. The summed E-state index contributed by atoms with van der Waals surface area (Å²) < 4.78 is 12.0. The van der Waals surface area contributed by atoms with Crippen molar-refractivity contribution < 1.29 is 9.47 Å². The molecular weight excluding hydrogens is 384 g/mol. The van der Waals surface area contributed by atoms with Crippen molar-refractivity contribution in [2.75, 3.05) is 0 Å². The fourth-order valence-corrected chi connectivity index (χ4v) is 15.4. The number of epoxide rings is 2. The third-order valence-electron chi connectivity index (χ3n) is 11.7. The number of rotatable bonds is 2. The van der Waals surface area contributed by atoms with Crippen molar-refractivity contribution in [3.63, 3.8) is 0 Å². The van der Waals surface area contributed by atoms with Crippen LogP contribution in [-0.4, -0.2) is 33.9 Å². The third kappa shape index (κ3) is 2.93. The molecule has 12 atom stereocenters. The van der Waals surface area contributed by atoms with Crippen LogP contribution in [0.4, 0.5) is 0 Å². The van der Waals surface area contributed by atoms with E-state index in [0.717, 1.165) is 47.3 Å². The standard InChI is InChI=1S/C27H44O2Si/c1-26(2)24(14-5-7-20-22(12-14)28-20)18-10-17-9-16(18)11-19(17)25(27(3,4)30-26)15-6-8-21-23(13-15)29-21/h14-25H,5-13,30H2,1-4H3. The lowest BCUT2D eigenvalue weighted by molar-refractivity contribution is 0.0626. The van der Waals surface area contributed by atoms with Crippen LogP contribution in [0, 0.1) is 47.3 Å². The maximum absolute atomic E-state index is 6.01. The van der Waals surface area contributed by atoms with Gasteiger partial charge < -0.3 is 9.47 Å². The summed E-state index contributed by atoms with van der Waals surface area (Å²) >= 11 is 0. The van der Waals surface area contributed by atoms with Gasteiger partial charge in [0.1, 0.15) is 0 Å². The summed E-state index contributed by atoms with van der Waals surface area (Å²) in [6, 6.07) is 0. The second-order valence-corrected chi connectivity index (χ2v) is 18.3. The number of fused-ring (bicyclic) bond motifs is 6. The molecule has 8 fully saturated rings. The normalized spacial score (nSPS) is 60.4. The minimum atomic E-state index is -0.214. The molecule has 0 aromatic rings. The molecule has 8 aliphatic rings. The molecule has 0 radical (unpaired) electrons. The van der Waals surface area contributed by atoms with Crippen molar-refractivity contribution in [3.05, 3.63) is 0 Å². The van der Waals surface area contributed by atoms with Gasteiger partial charge in [-0.3, -0.25) is 0 Å². The SMILES string of the molecule is CC1(C)[SiH2]C(C)(C)C(C2CCC3OC3C2)C2CC3CC2CC3C1C1CCC2OC2C1. The van der Waals surface area contributed by atoms with E-state index in [4.69, 9.17) is 9.47 Å². The largest absolute Gasteiger partial charge is 0.370 e. The van der Waals surface area contributed by atoms with E-state index < -0.39 is 0 Å². The number of hydrogen-bond donors (Lipinski definition) is 0. The highest BCUT2D eigenvalue weighted by Gasteiger charge is 2.62. The van der Waals surface area contributed by atoms with Crippen LogP contribution in [0.25, 0.3) is 0 Å². The molecule has 0 amide bonds. The summed E-state index contributed by atoms with van der Waals surface area (Å²) in [6.07, 6.45) is 15.8. The molecule has 4 aliphatic heterocycles. The van der Waals surface area contributed by atoms with Gasteiger partial charge in [-0.15, -0.1) is 0 Å². The van der Waals surface area contributed by atoms with Crippen molar-refractivity contribution in [2.24, 2.45) is 47.3 Å². The zero-order chi connectivity index (χ0) is 20.4. The Morgan fingerprint density at radius 2 is 1.00 bits per heavy atom. The molecule has 12 unspecified atom stereocenters. The lowest BCUT2D eigenvalue weighted by atomic mass is 9.60. The second-order valence-electron chi connectivity index (χ2n) is 14.3. The first-order chi connectivity index (χ1) is 14.3. The van der Waals surface area contributed by atoms with Gasteiger partial charge in [-0.05, 0) is 115 Å². The van der Waals surface area contributed by atoms with Crippen LogP contribution in [0.1, 0.15) is 85.5 Å². The summed E-state index contributed by atoms with van der Waals surface area (Å²) in [5.41, 5.74) is 0. The van der Waals surface area contributed by atoms with Crippen molar-refractivity contribution in [1.29, 1.82) is 0 Å². The zero-order valence-corrected chi connectivity index (χ0v) is 21.2. The Hall–Kier alpha value is 0.137. The Labute approximate surface area is 186 Å². The first-order valence-corrected chi connectivity index (χ1v) is 15.0. The predicted octanol–water partition coefficient (Wildman–Crippen LogP) is 5.60. The summed E-state index contributed by atoms with van der Waals surface area (Å²) in [5, 5.41) is 1.19. The molecule has 0 spiro atoms. The van der Waals surface area contributed by atoms with Gasteiger partial charge >= 0.3 is 0 Å². The summed E-state index contributed by atoms with van der Waals surface area (Å²) in [7, 11) is -0.214. The summed E-state index contributed by atoms with van der Waals surface area (Å²) in [6.45, 7) is 11.0. The lowest BCUT2D eigenvalue weighted by Gasteiger charge is -2.50. The van der Waals surface area contributed by atoms with Crippen LogP contribution in [0.2, 0.25) is 10.1 Å². The van der Waals surface area contributed by atoms with Crippen molar-refractivity contribution in [2.45, 2.75) is 120 Å². The first-order valence-electron chi connectivity index (χ1n) is 13.6. The molecule has 0 N–H and O–H groups in total. The van der Waals surface area contributed by atoms with Crippen LogP contribution >= 0.6 is 0 Å². The molecule has 4 saturated carbocycles. The summed E-state index contributed by atoms with van der Waals surface area (Å²) in [5.74, 6) is 8.11. The average Bonchev–Trinajstić information content (AvgIpc) is 3.53. The quantitative estimate of drug-likeness (QED) is 0.423. The van der Waals surface area contributed by atoms with Gasteiger partial charge in [-0.25, -0.2) is 0 Å². The molecule has 30 heavy (non-hydrogen) atoms. The molecule has 3 heteroatoms. The van der Waals surface area contributed by atoms with Gasteiger partial charge in [0.05, 0.1) is 24.4 Å². The maximum atomic E-state index is 6.01. The van der Waals surface area contributed by atoms with E-state index in [1.165, 1.54) is 38.5 Å². The number of hydrogen-bond acceptors (Lipinski definition) is 2. The van der Waals surface area contributed by atoms with E-state index in [9.17, 15) is 0 Å². The van der Waals surface area contributed by atoms with E-state index in [1.54, 1.807) is 19.3 Å². The van der Waals surface area contributed by atoms with E-state index in [2.05, 4.69) is 27.7 Å². The van der Waals surface area contributed by atoms with Crippen molar-refractivity contribution in [1.82, 2.24) is 0 Å². The van der Waals surface area contributed by atoms with E-state index in [1.807, 2.05) is 0 Å². The molecule has 8 rings (SSSR count). The Kier molecular flexibility index (Phi) is 4.17. The molecule has 4 saturated heterocycles. The van der Waals surface area contributed by atoms with Crippen LogP contribution in [0.5, 0.6) is 0 Å². The van der Waals surface area contributed by atoms with Gasteiger partial charge in [0.2, 0.25) is 0 Å². The van der Waals surface area contributed by atoms with E-state index in [0.29, 0.717) is 34.5 Å². The Balaban J connectivity index is 1.24. The maximum Gasteiger partial charge on any atom is 0.0844 e. The molecule has 0 aromatic carbocycles. The Bertz CT molecular complexity index is 660. The van der Waals surface area contributed by atoms with Crippen molar-refractivity contribution >= 4 is 9.52 Å². The molecule has 4 heterocycles. The molecule has 4 aliphatic carbocycles. The highest BCUT2D eigenvalue weighted by atomic mass is 28.2. The smallest absolute Gasteiger partial charge is 0.0844 e. The summed E-state index contributed by atoms with van der Waals surface area (Å²) in [4.78, 5) is 0. The number of ether oxygens (including phenoxy) is 2. The fraction of sp³-hybridized carbons (Fsp3) is 1.00. The third-order valence-corrected chi connectivity index (χ3v) is 14.5. The zero-order valence-electron chi connectivity index (χ0n) is 19.8. The van der Waals surface area contributed by atoms with E-state index in [-0.39, 0.29) is 9.52 Å². The van der Waals surface area contributed by atoms with Gasteiger partial charge in [-0.1, -0.05) is 27.7 Å². The highest BCUT2D eigenvalue weighted by Crippen LogP contribution is 2.69. The monoisotopic (exact) mass is 428 g/mol. The molecule has 2 nitrogen and oxygen atoms in total. The van der Waals surface area contributed by atoms with Crippen LogP contribution < -0.4 is 0 Å².